The van der Waals surface area contributed by atoms with Crippen molar-refractivity contribution in [2.24, 2.45) is 0 Å². The van der Waals surface area contributed by atoms with E-state index in [-0.39, 0.29) is 6.10 Å². The molecular weight excluding hydrogens is 210 g/mol. The molecular formula is C15H19NO. The molecule has 1 aromatic rings. The lowest BCUT2D eigenvalue weighted by molar-refractivity contribution is 0.163. The number of para-hydroxylation sites is 1. The van der Waals surface area contributed by atoms with Crippen LogP contribution >= 0.6 is 0 Å². The molecule has 0 saturated carbocycles. The highest BCUT2D eigenvalue weighted by Crippen LogP contribution is 2.36. The summed E-state index contributed by atoms with van der Waals surface area (Å²) in [5.74, 6) is 0. The first-order valence-electron chi connectivity index (χ1n) is 6.56. The lowest BCUT2D eigenvalue weighted by Gasteiger charge is -2.39. The predicted molar refractivity (Wildman–Crippen MR) is 70.1 cm³/mol. The maximum Gasteiger partial charge on any atom is 0.0826 e. The number of rotatable bonds is 1. The second-order valence-corrected chi connectivity index (χ2v) is 4.98. The molecule has 1 N–H and O–H groups in total. The maximum absolute atomic E-state index is 10.0. The Bertz CT molecular complexity index is 427. The number of allylic oxidation sites excluding steroid dienone is 1. The highest BCUT2D eigenvalue weighted by atomic mass is 16.3. The minimum atomic E-state index is -0.282. The van der Waals surface area contributed by atoms with Gasteiger partial charge in [-0.25, -0.2) is 0 Å². The van der Waals surface area contributed by atoms with Crippen LogP contribution in [0.1, 0.15) is 37.4 Å². The van der Waals surface area contributed by atoms with Gasteiger partial charge in [-0.2, -0.15) is 0 Å². The van der Waals surface area contributed by atoms with Crippen LogP contribution in [0, 0.1) is 0 Å². The van der Waals surface area contributed by atoms with Gasteiger partial charge < -0.3 is 10.0 Å². The molecule has 0 saturated heterocycles. The van der Waals surface area contributed by atoms with Crippen molar-refractivity contribution >= 4 is 5.69 Å². The summed E-state index contributed by atoms with van der Waals surface area (Å²) in [5, 5.41) is 10.0. The molecule has 1 heterocycles. The standard InChI is InChI=1S/C15H19NO/c17-15-10-11-16(12-6-2-1-3-7-12)14-9-5-4-8-13(14)15/h2,4-6,8-9,12,15,17H,1,3,7,10-11H2. The van der Waals surface area contributed by atoms with Crippen LogP contribution in [-0.4, -0.2) is 17.7 Å². The second-order valence-electron chi connectivity index (χ2n) is 4.98. The Hall–Kier alpha value is -1.28. The van der Waals surface area contributed by atoms with Crippen LogP contribution in [0.15, 0.2) is 36.4 Å². The van der Waals surface area contributed by atoms with Gasteiger partial charge in [-0.05, 0) is 31.7 Å². The SMILES string of the molecule is OC1CCN(C2C=CCCC2)c2ccccc21. The van der Waals surface area contributed by atoms with Gasteiger partial charge in [0.25, 0.3) is 0 Å². The maximum atomic E-state index is 10.0. The third-order valence-corrected chi connectivity index (χ3v) is 3.88. The summed E-state index contributed by atoms with van der Waals surface area (Å²) in [6.45, 7) is 0.965. The molecule has 3 rings (SSSR count). The Kier molecular flexibility index (Phi) is 2.89. The van der Waals surface area contributed by atoms with E-state index in [1.54, 1.807) is 0 Å². The molecule has 0 radical (unpaired) electrons. The third kappa shape index (κ3) is 1.98. The van der Waals surface area contributed by atoms with Gasteiger partial charge in [-0.15, -0.1) is 0 Å². The van der Waals surface area contributed by atoms with Crippen LogP contribution in [0.4, 0.5) is 5.69 Å². The number of nitrogens with zero attached hydrogens (tertiary/aromatic N) is 1. The summed E-state index contributed by atoms with van der Waals surface area (Å²) < 4.78 is 0. The van der Waals surface area contributed by atoms with E-state index in [4.69, 9.17) is 0 Å². The third-order valence-electron chi connectivity index (χ3n) is 3.88. The normalized spacial score (nSPS) is 27.9. The Morgan fingerprint density at radius 1 is 1.18 bits per heavy atom. The number of fused-ring (bicyclic) bond motifs is 1. The lowest BCUT2D eigenvalue weighted by atomic mass is 9.94. The van der Waals surface area contributed by atoms with Crippen LogP contribution < -0.4 is 4.90 Å². The highest BCUT2D eigenvalue weighted by Gasteiger charge is 2.27. The van der Waals surface area contributed by atoms with Gasteiger partial charge in [0, 0.05) is 23.8 Å². The molecule has 2 nitrogen and oxygen atoms in total. The Labute approximate surface area is 103 Å². The number of hydrogen-bond acceptors (Lipinski definition) is 2. The second kappa shape index (κ2) is 4.53. The zero-order chi connectivity index (χ0) is 11.7. The van der Waals surface area contributed by atoms with E-state index < -0.39 is 0 Å². The van der Waals surface area contributed by atoms with Gasteiger partial charge in [-0.3, -0.25) is 0 Å². The van der Waals surface area contributed by atoms with Crippen LogP contribution in [-0.2, 0) is 0 Å². The molecule has 2 atom stereocenters. The van der Waals surface area contributed by atoms with E-state index >= 15 is 0 Å². The van der Waals surface area contributed by atoms with Gasteiger partial charge in [-0.1, -0.05) is 30.4 Å². The van der Waals surface area contributed by atoms with Gasteiger partial charge in [0.1, 0.15) is 0 Å². The van der Waals surface area contributed by atoms with Gasteiger partial charge in [0.15, 0.2) is 0 Å². The van der Waals surface area contributed by atoms with Gasteiger partial charge in [0.05, 0.1) is 6.10 Å². The van der Waals surface area contributed by atoms with Gasteiger partial charge in [0.2, 0.25) is 0 Å². The molecule has 17 heavy (non-hydrogen) atoms. The van der Waals surface area contributed by atoms with E-state index in [1.807, 2.05) is 6.07 Å². The summed E-state index contributed by atoms with van der Waals surface area (Å²) in [4.78, 5) is 2.46. The van der Waals surface area contributed by atoms with Crippen molar-refractivity contribution in [3.8, 4) is 0 Å². The summed E-state index contributed by atoms with van der Waals surface area (Å²) >= 11 is 0. The van der Waals surface area contributed by atoms with Crippen molar-refractivity contribution < 1.29 is 5.11 Å². The van der Waals surface area contributed by atoms with Crippen molar-refractivity contribution in [1.82, 2.24) is 0 Å². The minimum Gasteiger partial charge on any atom is -0.388 e. The topological polar surface area (TPSA) is 23.5 Å². The molecule has 2 unspecified atom stereocenters. The first kappa shape index (κ1) is 10.8. The highest BCUT2D eigenvalue weighted by molar-refractivity contribution is 5.58. The fraction of sp³-hybridized carbons (Fsp3) is 0.467. The van der Waals surface area contributed by atoms with Crippen LogP contribution in [0.2, 0.25) is 0 Å². The quantitative estimate of drug-likeness (QED) is 0.748. The molecule has 0 bridgehead atoms. The lowest BCUT2D eigenvalue weighted by Crippen LogP contribution is -2.39. The monoisotopic (exact) mass is 229 g/mol. The number of aliphatic hydroxyl groups excluding tert-OH is 1. The van der Waals surface area contributed by atoms with E-state index in [0.29, 0.717) is 6.04 Å². The predicted octanol–water partition coefficient (Wildman–Crippen LogP) is 3.04. The average molecular weight is 229 g/mol. The van der Waals surface area contributed by atoms with Crippen molar-refractivity contribution in [2.45, 2.75) is 37.8 Å². The van der Waals surface area contributed by atoms with Crippen LogP contribution in [0.3, 0.4) is 0 Å². The van der Waals surface area contributed by atoms with Crippen LogP contribution in [0.5, 0.6) is 0 Å². The molecule has 2 heteroatoms. The zero-order valence-corrected chi connectivity index (χ0v) is 10.0. The number of hydrogen-bond donors (Lipinski definition) is 1. The molecule has 0 amide bonds. The molecule has 0 spiro atoms. The van der Waals surface area contributed by atoms with E-state index in [0.717, 1.165) is 18.5 Å². The van der Waals surface area contributed by atoms with Crippen molar-refractivity contribution in [1.29, 1.82) is 0 Å². The first-order valence-corrected chi connectivity index (χ1v) is 6.56. The minimum absolute atomic E-state index is 0.282. The number of anilines is 1. The number of aliphatic hydroxyl groups is 1. The van der Waals surface area contributed by atoms with E-state index in [9.17, 15) is 5.11 Å². The summed E-state index contributed by atoms with van der Waals surface area (Å²) in [6.07, 6.45) is 8.93. The molecule has 1 aliphatic heterocycles. The Morgan fingerprint density at radius 3 is 2.88 bits per heavy atom. The van der Waals surface area contributed by atoms with Gasteiger partial charge >= 0.3 is 0 Å². The Balaban J connectivity index is 1.94. The fourth-order valence-corrected chi connectivity index (χ4v) is 2.97. The molecule has 1 aromatic carbocycles. The van der Waals surface area contributed by atoms with Crippen molar-refractivity contribution in [2.75, 3.05) is 11.4 Å². The molecule has 1 aliphatic carbocycles. The Morgan fingerprint density at radius 2 is 2.06 bits per heavy atom. The first-order chi connectivity index (χ1) is 8.36. The van der Waals surface area contributed by atoms with Crippen molar-refractivity contribution in [3.63, 3.8) is 0 Å². The summed E-state index contributed by atoms with van der Waals surface area (Å²) in [6, 6.07) is 8.80. The summed E-state index contributed by atoms with van der Waals surface area (Å²) in [7, 11) is 0. The largest absolute Gasteiger partial charge is 0.388 e. The molecule has 0 fully saturated rings. The molecule has 90 valence electrons. The van der Waals surface area contributed by atoms with Crippen LogP contribution in [0.25, 0.3) is 0 Å². The summed E-state index contributed by atoms with van der Waals surface area (Å²) in [5.41, 5.74) is 2.32. The van der Waals surface area contributed by atoms with E-state index in [1.165, 1.54) is 24.9 Å². The molecule has 0 aromatic heterocycles. The number of benzene rings is 1. The fourth-order valence-electron chi connectivity index (χ4n) is 2.97. The zero-order valence-electron chi connectivity index (χ0n) is 10.0. The van der Waals surface area contributed by atoms with E-state index in [2.05, 4.69) is 35.3 Å². The average Bonchev–Trinajstić information content (AvgIpc) is 2.41. The smallest absolute Gasteiger partial charge is 0.0826 e. The molecule has 2 aliphatic rings. The van der Waals surface area contributed by atoms with Crippen molar-refractivity contribution in [3.05, 3.63) is 42.0 Å².